The van der Waals surface area contributed by atoms with Crippen LogP contribution in [0.4, 0.5) is 5.69 Å². The van der Waals surface area contributed by atoms with Crippen molar-refractivity contribution >= 4 is 39.1 Å². The lowest BCUT2D eigenvalue weighted by atomic mass is 9.98. The SMILES string of the molecule is CC(C)C[C@@H](C(=O)Nc1ccc2sncc2c1)N1CCCCC1=O. The summed E-state index contributed by atoms with van der Waals surface area (Å²) in [6.07, 6.45) is 4.93. The molecule has 1 atom stereocenters. The van der Waals surface area contributed by atoms with Gasteiger partial charge in [-0.2, -0.15) is 4.37 Å². The minimum atomic E-state index is -0.394. The number of rotatable bonds is 5. The summed E-state index contributed by atoms with van der Waals surface area (Å²) in [7, 11) is 0. The van der Waals surface area contributed by atoms with E-state index in [0.717, 1.165) is 28.6 Å². The first-order valence-corrected chi connectivity index (χ1v) is 9.26. The fourth-order valence-electron chi connectivity index (χ4n) is 3.15. The molecule has 0 aliphatic carbocycles. The Balaban J connectivity index is 1.78. The topological polar surface area (TPSA) is 62.3 Å². The van der Waals surface area contributed by atoms with E-state index in [0.29, 0.717) is 25.3 Å². The van der Waals surface area contributed by atoms with Gasteiger partial charge in [-0.3, -0.25) is 9.59 Å². The van der Waals surface area contributed by atoms with Crippen LogP contribution in [-0.2, 0) is 9.59 Å². The number of hydrogen-bond acceptors (Lipinski definition) is 4. The van der Waals surface area contributed by atoms with E-state index in [-0.39, 0.29) is 11.8 Å². The molecule has 1 aromatic heterocycles. The maximum absolute atomic E-state index is 12.8. The van der Waals surface area contributed by atoms with Gasteiger partial charge in [-0.05, 0) is 54.9 Å². The largest absolute Gasteiger partial charge is 0.331 e. The summed E-state index contributed by atoms with van der Waals surface area (Å²) in [5, 5.41) is 4.01. The van der Waals surface area contributed by atoms with Crippen LogP contribution in [0.5, 0.6) is 0 Å². The van der Waals surface area contributed by atoms with Crippen molar-refractivity contribution in [2.75, 3.05) is 11.9 Å². The molecule has 0 radical (unpaired) electrons. The Kier molecular flexibility index (Phi) is 5.14. The summed E-state index contributed by atoms with van der Waals surface area (Å²) >= 11 is 1.44. The third-order valence-corrected chi connectivity index (χ3v) is 5.13. The fraction of sp³-hybridized carbons (Fsp3) is 0.500. The molecule has 1 fully saturated rings. The van der Waals surface area contributed by atoms with Gasteiger partial charge in [0.1, 0.15) is 6.04 Å². The van der Waals surface area contributed by atoms with Crippen molar-refractivity contribution in [3.63, 3.8) is 0 Å². The number of likely N-dealkylation sites (tertiary alicyclic amines) is 1. The highest BCUT2D eigenvalue weighted by Crippen LogP contribution is 2.24. The molecular weight excluding hydrogens is 322 g/mol. The number of carbonyl (C=O) groups excluding carboxylic acids is 2. The van der Waals surface area contributed by atoms with Gasteiger partial charge in [0.15, 0.2) is 0 Å². The van der Waals surface area contributed by atoms with Crippen molar-refractivity contribution in [1.29, 1.82) is 0 Å². The molecule has 5 nitrogen and oxygen atoms in total. The van der Waals surface area contributed by atoms with Gasteiger partial charge < -0.3 is 10.2 Å². The molecule has 1 aliphatic rings. The molecule has 2 heterocycles. The van der Waals surface area contributed by atoms with Crippen molar-refractivity contribution in [3.8, 4) is 0 Å². The number of benzene rings is 1. The second-order valence-corrected chi connectivity index (χ2v) is 7.59. The van der Waals surface area contributed by atoms with Gasteiger partial charge in [0.2, 0.25) is 11.8 Å². The highest BCUT2D eigenvalue weighted by atomic mass is 32.1. The van der Waals surface area contributed by atoms with Crippen LogP contribution in [0.1, 0.15) is 39.5 Å². The molecule has 6 heteroatoms. The van der Waals surface area contributed by atoms with Crippen molar-refractivity contribution < 1.29 is 9.59 Å². The first-order valence-electron chi connectivity index (χ1n) is 8.49. The average molecular weight is 345 g/mol. The maximum atomic E-state index is 12.8. The van der Waals surface area contributed by atoms with Crippen molar-refractivity contribution in [1.82, 2.24) is 9.27 Å². The highest BCUT2D eigenvalue weighted by Gasteiger charge is 2.31. The third kappa shape index (κ3) is 3.75. The molecule has 1 aromatic carbocycles. The Bertz CT molecular complexity index is 741. The minimum absolute atomic E-state index is 0.0958. The molecule has 0 bridgehead atoms. The number of fused-ring (bicyclic) bond motifs is 1. The van der Waals surface area contributed by atoms with Gasteiger partial charge in [-0.15, -0.1) is 0 Å². The molecule has 128 valence electrons. The van der Waals surface area contributed by atoms with Crippen molar-refractivity contribution in [2.24, 2.45) is 5.92 Å². The van der Waals surface area contributed by atoms with Crippen LogP contribution in [0, 0.1) is 5.92 Å². The number of carbonyl (C=O) groups is 2. The Labute approximate surface area is 146 Å². The third-order valence-electron chi connectivity index (χ3n) is 4.35. The molecule has 0 unspecified atom stereocenters. The average Bonchev–Trinajstić information content (AvgIpc) is 3.01. The van der Waals surface area contributed by atoms with Crippen LogP contribution in [0.15, 0.2) is 24.4 Å². The summed E-state index contributed by atoms with van der Waals surface area (Å²) in [4.78, 5) is 26.9. The van der Waals surface area contributed by atoms with Crippen molar-refractivity contribution in [3.05, 3.63) is 24.4 Å². The quantitative estimate of drug-likeness (QED) is 0.899. The monoisotopic (exact) mass is 345 g/mol. The predicted molar refractivity (Wildman–Crippen MR) is 97.1 cm³/mol. The predicted octanol–water partition coefficient (Wildman–Crippen LogP) is 3.66. The van der Waals surface area contributed by atoms with Gasteiger partial charge in [0.05, 0.1) is 4.70 Å². The summed E-state index contributed by atoms with van der Waals surface area (Å²) < 4.78 is 5.25. The Hall–Kier alpha value is -1.95. The van der Waals surface area contributed by atoms with Crippen molar-refractivity contribution in [2.45, 2.75) is 45.6 Å². The second kappa shape index (κ2) is 7.30. The number of nitrogens with one attached hydrogen (secondary N) is 1. The molecule has 0 saturated carbocycles. The Morgan fingerprint density at radius 2 is 2.21 bits per heavy atom. The molecule has 2 amide bonds. The van der Waals surface area contributed by atoms with Crippen LogP contribution in [0.25, 0.3) is 10.1 Å². The van der Waals surface area contributed by atoms with E-state index in [1.165, 1.54) is 11.5 Å². The number of amides is 2. The summed E-state index contributed by atoms with van der Waals surface area (Å²) in [6, 6.07) is 5.39. The van der Waals surface area contributed by atoms with Crippen LogP contribution in [0.2, 0.25) is 0 Å². The van der Waals surface area contributed by atoms with Gasteiger partial charge >= 0.3 is 0 Å². The molecule has 1 N–H and O–H groups in total. The van der Waals surface area contributed by atoms with Gasteiger partial charge in [-0.25, -0.2) is 0 Å². The molecule has 0 spiro atoms. The van der Waals surface area contributed by atoms with E-state index in [1.54, 1.807) is 11.1 Å². The van der Waals surface area contributed by atoms with Gasteiger partial charge in [-0.1, -0.05) is 13.8 Å². The molecule has 2 aromatic rings. The Morgan fingerprint density at radius 3 is 2.96 bits per heavy atom. The number of hydrogen-bond donors (Lipinski definition) is 1. The van der Waals surface area contributed by atoms with E-state index in [2.05, 4.69) is 23.5 Å². The number of anilines is 1. The summed E-state index contributed by atoms with van der Waals surface area (Å²) in [5.41, 5.74) is 0.755. The standard InChI is InChI=1S/C18H23N3O2S/c1-12(2)9-15(21-8-4-3-5-17(21)22)18(23)20-14-6-7-16-13(10-14)11-19-24-16/h6-7,10-12,15H,3-5,8-9H2,1-2H3,(H,20,23)/t15-/m0/s1. The van der Waals surface area contributed by atoms with Crippen LogP contribution >= 0.6 is 11.5 Å². The fourth-order valence-corrected chi connectivity index (χ4v) is 3.78. The zero-order chi connectivity index (χ0) is 17.1. The van der Waals surface area contributed by atoms with Crippen LogP contribution < -0.4 is 5.32 Å². The zero-order valence-electron chi connectivity index (χ0n) is 14.1. The molecular formula is C18H23N3O2S. The van der Waals surface area contributed by atoms with E-state index >= 15 is 0 Å². The first kappa shape index (κ1) is 16.9. The minimum Gasteiger partial charge on any atom is -0.331 e. The number of aromatic nitrogens is 1. The van der Waals surface area contributed by atoms with Gasteiger partial charge in [0.25, 0.3) is 0 Å². The normalized spacial score (nSPS) is 16.6. The smallest absolute Gasteiger partial charge is 0.247 e. The number of piperidine rings is 1. The molecule has 1 aliphatic heterocycles. The zero-order valence-corrected chi connectivity index (χ0v) is 14.9. The van der Waals surface area contributed by atoms with E-state index in [9.17, 15) is 9.59 Å². The van der Waals surface area contributed by atoms with Crippen LogP contribution in [-0.4, -0.2) is 33.7 Å². The van der Waals surface area contributed by atoms with E-state index in [4.69, 9.17) is 0 Å². The van der Waals surface area contributed by atoms with Gasteiger partial charge in [0, 0.05) is 30.2 Å². The maximum Gasteiger partial charge on any atom is 0.247 e. The first-order chi connectivity index (χ1) is 11.5. The lowest BCUT2D eigenvalue weighted by Gasteiger charge is -2.34. The lowest BCUT2D eigenvalue weighted by Crippen LogP contribution is -2.49. The van der Waals surface area contributed by atoms with E-state index in [1.807, 2.05) is 18.2 Å². The van der Waals surface area contributed by atoms with E-state index < -0.39 is 6.04 Å². The lowest BCUT2D eigenvalue weighted by molar-refractivity contribution is -0.141. The molecule has 1 saturated heterocycles. The highest BCUT2D eigenvalue weighted by molar-refractivity contribution is 7.13. The molecule has 3 rings (SSSR count). The number of nitrogens with zero attached hydrogens (tertiary/aromatic N) is 2. The summed E-state index contributed by atoms with van der Waals surface area (Å²) in [5.74, 6) is 0.347. The summed E-state index contributed by atoms with van der Waals surface area (Å²) in [6.45, 7) is 4.84. The second-order valence-electron chi connectivity index (χ2n) is 6.76. The molecule has 24 heavy (non-hydrogen) atoms. The van der Waals surface area contributed by atoms with Crippen LogP contribution in [0.3, 0.4) is 0 Å². The Morgan fingerprint density at radius 1 is 1.38 bits per heavy atom.